The Kier molecular flexibility index (Phi) is 8.72. The minimum Gasteiger partial charge on any atom is -0.507 e. The van der Waals surface area contributed by atoms with Crippen LogP contribution in [0.15, 0.2) is 0 Å². The van der Waals surface area contributed by atoms with E-state index in [4.69, 9.17) is 14.7 Å². The molecule has 2 amide bonds. The summed E-state index contributed by atoms with van der Waals surface area (Å²) in [7, 11) is 0. The zero-order chi connectivity index (χ0) is 31.1. The predicted octanol–water partition coefficient (Wildman–Crippen LogP) is 3.74. The first-order valence-electron chi connectivity index (χ1n) is 14.6. The van der Waals surface area contributed by atoms with Gasteiger partial charge in [-0.1, -0.05) is 0 Å². The number of piperazine rings is 1. The molecule has 2 atom stereocenters. The fourth-order valence-corrected chi connectivity index (χ4v) is 6.13. The Bertz CT molecular complexity index is 1420. The van der Waals surface area contributed by atoms with E-state index in [1.54, 1.807) is 12.4 Å². The molecule has 10 nitrogen and oxygen atoms in total. The molecule has 2 aromatic carbocycles. The van der Waals surface area contributed by atoms with Gasteiger partial charge in [0.1, 0.15) is 23.0 Å². The molecule has 0 saturated carbocycles. The van der Waals surface area contributed by atoms with Gasteiger partial charge in [-0.3, -0.25) is 14.8 Å². The lowest BCUT2D eigenvalue weighted by atomic mass is 9.86. The first-order chi connectivity index (χ1) is 19.7. The highest BCUT2D eigenvalue weighted by Crippen LogP contribution is 2.44. The normalized spacial score (nSPS) is 22.9. The van der Waals surface area contributed by atoms with Crippen LogP contribution >= 0.6 is 0 Å². The summed E-state index contributed by atoms with van der Waals surface area (Å²) in [5.41, 5.74) is 6.75. The average molecular weight is 584 g/mol. The van der Waals surface area contributed by atoms with E-state index in [2.05, 4.69) is 5.32 Å². The highest BCUT2D eigenvalue weighted by atomic mass is 16.5. The molecule has 3 aliphatic heterocycles. The second-order valence-electron chi connectivity index (χ2n) is 12.2. The van der Waals surface area contributed by atoms with E-state index in [1.807, 2.05) is 53.4 Å². The van der Waals surface area contributed by atoms with Gasteiger partial charge in [0.15, 0.2) is 11.2 Å². The largest absolute Gasteiger partial charge is 0.507 e. The number of rotatable bonds is 2. The van der Waals surface area contributed by atoms with Gasteiger partial charge < -0.3 is 29.9 Å². The van der Waals surface area contributed by atoms with Crippen molar-refractivity contribution in [3.63, 3.8) is 0 Å². The lowest BCUT2D eigenvalue weighted by Crippen LogP contribution is -2.57. The molecule has 0 radical (unpaired) electrons. The van der Waals surface area contributed by atoms with Crippen molar-refractivity contribution in [3.05, 3.63) is 44.5 Å². The fourth-order valence-electron chi connectivity index (χ4n) is 6.13. The number of nitrogens with zero attached hydrogens (tertiary/aromatic N) is 1. The average Bonchev–Trinajstić information content (AvgIpc) is 3.00. The van der Waals surface area contributed by atoms with E-state index in [9.17, 15) is 19.8 Å². The molecule has 3 heterocycles. The third-order valence-corrected chi connectivity index (χ3v) is 9.48. The minimum absolute atomic E-state index is 0.0763. The monoisotopic (exact) mass is 583 g/mol. The van der Waals surface area contributed by atoms with Crippen LogP contribution in [0.5, 0.6) is 23.0 Å². The number of ether oxygens (including phenoxy) is 2. The zero-order valence-corrected chi connectivity index (χ0v) is 26.1. The number of phenolic OH excluding ortho intramolecular Hbond substituents is 2. The maximum Gasteiger partial charge on any atom is 0.287 e. The molecule has 2 unspecified atom stereocenters. The lowest BCUT2D eigenvalue weighted by Gasteiger charge is -2.40. The first-order valence-corrected chi connectivity index (χ1v) is 14.6. The smallest absolute Gasteiger partial charge is 0.287 e. The van der Waals surface area contributed by atoms with E-state index in [1.165, 1.54) is 0 Å². The van der Waals surface area contributed by atoms with Gasteiger partial charge in [0.2, 0.25) is 0 Å². The van der Waals surface area contributed by atoms with Crippen LogP contribution in [0.3, 0.4) is 0 Å². The molecule has 0 bridgehead atoms. The summed E-state index contributed by atoms with van der Waals surface area (Å²) in [5.74, 6) is 1.59. The van der Waals surface area contributed by atoms with E-state index in [-0.39, 0.29) is 11.7 Å². The molecule has 0 spiro atoms. The number of carbonyl (C=O) groups excluding carboxylic acids is 2. The van der Waals surface area contributed by atoms with Gasteiger partial charge in [0, 0.05) is 50.1 Å². The first kappa shape index (κ1) is 31.4. The minimum atomic E-state index is -1.08. The van der Waals surface area contributed by atoms with Crippen LogP contribution in [-0.4, -0.2) is 69.5 Å². The number of phenols is 2. The Labute approximate surface area is 248 Å². The number of hydrogen-bond donors (Lipinski definition) is 5. The van der Waals surface area contributed by atoms with E-state index >= 15 is 0 Å². The molecular formula is C32H45N3O7. The van der Waals surface area contributed by atoms with Gasteiger partial charge in [-0.2, -0.15) is 0 Å². The number of amides is 2. The van der Waals surface area contributed by atoms with Crippen molar-refractivity contribution in [2.75, 3.05) is 26.2 Å². The van der Waals surface area contributed by atoms with Crippen LogP contribution in [0.2, 0.25) is 0 Å². The number of aromatic hydroxyl groups is 2. The molecule has 5 rings (SSSR count). The quantitative estimate of drug-likeness (QED) is 0.266. The summed E-state index contributed by atoms with van der Waals surface area (Å²) in [5, 5.41) is 32.4. The maximum absolute atomic E-state index is 13.0. The summed E-state index contributed by atoms with van der Waals surface area (Å²) in [6, 6.07) is 0. The van der Waals surface area contributed by atoms with Crippen molar-refractivity contribution >= 4 is 11.8 Å². The standard InChI is InChI=1S/C18H26N2O3.C14H19NO4/c1-11-12(2)16-14(13(3)15(11)21)5-6-18(4,23-16)17(22)20-9-7-19-8-10-20;1-7-8(2)12-10(9(3)11(7)16)5-6-14(4,19-12)13(17)15-18/h19,21H,5-10H2,1-4H3;16,18H,5-6H2,1-4H3,(H,15,17). The van der Waals surface area contributed by atoms with Crippen molar-refractivity contribution in [2.24, 2.45) is 0 Å². The van der Waals surface area contributed by atoms with Gasteiger partial charge >= 0.3 is 0 Å². The highest BCUT2D eigenvalue weighted by Gasteiger charge is 2.43. The molecule has 2 aromatic rings. The number of fused-ring (bicyclic) bond motifs is 2. The number of nitrogens with one attached hydrogen (secondary N) is 2. The Morgan fingerprint density at radius 2 is 1.17 bits per heavy atom. The van der Waals surface area contributed by atoms with Crippen LogP contribution < -0.4 is 20.3 Å². The number of hydrogen-bond acceptors (Lipinski definition) is 8. The highest BCUT2D eigenvalue weighted by molar-refractivity contribution is 5.86. The zero-order valence-electron chi connectivity index (χ0n) is 26.1. The summed E-state index contributed by atoms with van der Waals surface area (Å²) >= 11 is 0. The van der Waals surface area contributed by atoms with E-state index in [0.29, 0.717) is 30.8 Å². The van der Waals surface area contributed by atoms with Crippen molar-refractivity contribution in [1.82, 2.24) is 15.7 Å². The van der Waals surface area contributed by atoms with Crippen molar-refractivity contribution in [2.45, 2.75) is 92.3 Å². The Morgan fingerprint density at radius 3 is 1.62 bits per heavy atom. The van der Waals surface area contributed by atoms with Crippen LogP contribution in [0.25, 0.3) is 0 Å². The summed E-state index contributed by atoms with van der Waals surface area (Å²) < 4.78 is 12.1. The van der Waals surface area contributed by atoms with Crippen molar-refractivity contribution in [3.8, 4) is 23.0 Å². The van der Waals surface area contributed by atoms with Crippen molar-refractivity contribution < 1.29 is 34.5 Å². The topological polar surface area (TPSA) is 141 Å². The third-order valence-electron chi connectivity index (χ3n) is 9.48. The molecular weight excluding hydrogens is 538 g/mol. The summed E-state index contributed by atoms with van der Waals surface area (Å²) in [6.45, 7) is 18.0. The van der Waals surface area contributed by atoms with Crippen LogP contribution in [0, 0.1) is 41.5 Å². The predicted molar refractivity (Wildman–Crippen MR) is 159 cm³/mol. The molecule has 42 heavy (non-hydrogen) atoms. The van der Waals surface area contributed by atoms with Gasteiger partial charge in [0.25, 0.3) is 11.8 Å². The molecule has 1 saturated heterocycles. The third kappa shape index (κ3) is 5.38. The molecule has 0 aliphatic carbocycles. The SMILES string of the molecule is Cc1c(C)c2c(c(C)c1O)CCC(C)(C(=O)N1CCNCC1)O2.Cc1c(C)c2c(c(C)c1O)CCC(C)(C(=O)NO)O2. The van der Waals surface area contributed by atoms with Crippen LogP contribution in [0.4, 0.5) is 0 Å². The molecule has 10 heteroatoms. The van der Waals surface area contributed by atoms with Gasteiger partial charge in [-0.15, -0.1) is 0 Å². The Balaban J connectivity index is 0.000000197. The van der Waals surface area contributed by atoms with E-state index < -0.39 is 17.1 Å². The number of hydroxylamine groups is 1. The van der Waals surface area contributed by atoms with Crippen molar-refractivity contribution in [1.29, 1.82) is 0 Å². The van der Waals surface area contributed by atoms with Gasteiger partial charge in [0.05, 0.1) is 0 Å². The molecule has 1 fully saturated rings. The summed E-state index contributed by atoms with van der Waals surface area (Å²) in [4.78, 5) is 26.6. The Morgan fingerprint density at radius 1 is 0.738 bits per heavy atom. The Hall–Kier alpha value is -3.50. The lowest BCUT2D eigenvalue weighted by molar-refractivity contribution is -0.149. The second-order valence-corrected chi connectivity index (χ2v) is 12.2. The maximum atomic E-state index is 13.0. The van der Waals surface area contributed by atoms with Gasteiger partial charge in [-0.05, 0) is 102 Å². The van der Waals surface area contributed by atoms with Crippen LogP contribution in [0.1, 0.15) is 71.2 Å². The number of benzene rings is 2. The van der Waals surface area contributed by atoms with Gasteiger partial charge in [-0.25, -0.2) is 5.48 Å². The van der Waals surface area contributed by atoms with Crippen LogP contribution in [-0.2, 0) is 22.4 Å². The van der Waals surface area contributed by atoms with E-state index in [0.717, 1.165) is 82.9 Å². The fraction of sp³-hybridized carbons (Fsp3) is 0.562. The number of carbonyl (C=O) groups is 2. The molecule has 5 N–H and O–H groups in total. The second kappa shape index (κ2) is 11.6. The molecule has 230 valence electrons. The summed E-state index contributed by atoms with van der Waals surface area (Å²) in [6.07, 6.45) is 2.48. The molecule has 3 aliphatic rings. The molecule has 0 aromatic heterocycles.